The van der Waals surface area contributed by atoms with Crippen molar-refractivity contribution in [2.24, 2.45) is 7.05 Å². The van der Waals surface area contributed by atoms with Gasteiger partial charge in [-0.15, -0.1) is 0 Å². The number of fused-ring (bicyclic) bond motifs is 3. The summed E-state index contributed by atoms with van der Waals surface area (Å²) in [7, 11) is 1.88. The zero-order chi connectivity index (χ0) is 11.3. The fraction of sp³-hybridized carbons (Fsp3) is 0.0833. The number of carbonyl (C=O) groups excluding carboxylic acids is 1. The molecule has 0 atom stereocenters. The number of carbonyl (C=O) groups is 1. The Hall–Kier alpha value is -2.10. The lowest BCUT2D eigenvalue weighted by Crippen LogP contribution is -1.88. The van der Waals surface area contributed by atoms with E-state index in [1.54, 1.807) is 12.1 Å². The van der Waals surface area contributed by atoms with Gasteiger partial charge in [-0.25, -0.2) is 4.39 Å². The lowest BCUT2D eigenvalue weighted by molar-refractivity contribution is 0.111. The summed E-state index contributed by atoms with van der Waals surface area (Å²) in [5.41, 5.74) is 2.29. The molecule has 2 heterocycles. The van der Waals surface area contributed by atoms with Crippen molar-refractivity contribution in [3.8, 4) is 0 Å². The molecular weight excluding hydrogens is 207 g/mol. The van der Waals surface area contributed by atoms with E-state index in [-0.39, 0.29) is 5.82 Å². The van der Waals surface area contributed by atoms with E-state index < -0.39 is 0 Å². The topological polar surface area (TPSA) is 37.8 Å². The number of aromatic amines is 1. The number of aryl methyl sites for hydroxylation is 1. The number of aromatic nitrogens is 2. The highest BCUT2D eigenvalue weighted by Crippen LogP contribution is 2.28. The molecule has 3 nitrogen and oxygen atoms in total. The highest BCUT2D eigenvalue weighted by Gasteiger charge is 2.11. The van der Waals surface area contributed by atoms with Crippen LogP contribution in [0.2, 0.25) is 0 Å². The number of nitrogens with one attached hydrogen (secondary N) is 1. The number of H-pyrrole nitrogens is 1. The van der Waals surface area contributed by atoms with Crippen molar-refractivity contribution in [2.45, 2.75) is 0 Å². The molecule has 4 heteroatoms. The molecule has 0 amide bonds. The Morgan fingerprint density at radius 2 is 2.12 bits per heavy atom. The van der Waals surface area contributed by atoms with E-state index in [0.29, 0.717) is 5.69 Å². The molecule has 2 aromatic heterocycles. The number of nitrogens with zero attached hydrogens (tertiary/aromatic N) is 1. The minimum absolute atomic E-state index is 0.270. The summed E-state index contributed by atoms with van der Waals surface area (Å²) >= 11 is 0. The van der Waals surface area contributed by atoms with Crippen LogP contribution in [-0.4, -0.2) is 15.8 Å². The number of aldehydes is 1. The largest absolute Gasteiger partial charge is 0.338 e. The Morgan fingerprint density at radius 1 is 1.31 bits per heavy atom. The first-order valence-corrected chi connectivity index (χ1v) is 4.92. The van der Waals surface area contributed by atoms with Gasteiger partial charge in [-0.1, -0.05) is 0 Å². The minimum atomic E-state index is -0.270. The third-order valence-corrected chi connectivity index (χ3v) is 2.89. The second-order valence-corrected chi connectivity index (χ2v) is 3.83. The third kappa shape index (κ3) is 1.04. The van der Waals surface area contributed by atoms with Crippen LogP contribution in [-0.2, 0) is 7.05 Å². The molecule has 0 unspecified atom stereocenters. The summed E-state index contributed by atoms with van der Waals surface area (Å²) in [5.74, 6) is -0.270. The molecule has 1 N–H and O–H groups in total. The maximum atomic E-state index is 13.2. The van der Waals surface area contributed by atoms with Gasteiger partial charge in [0.05, 0.1) is 11.2 Å². The van der Waals surface area contributed by atoms with Crippen LogP contribution in [0.15, 0.2) is 24.3 Å². The second-order valence-electron chi connectivity index (χ2n) is 3.83. The zero-order valence-corrected chi connectivity index (χ0v) is 8.62. The molecule has 0 aliphatic carbocycles. The van der Waals surface area contributed by atoms with Gasteiger partial charge < -0.3 is 9.55 Å². The number of halogens is 1. The highest BCUT2D eigenvalue weighted by molar-refractivity contribution is 6.08. The van der Waals surface area contributed by atoms with Crippen LogP contribution in [0.5, 0.6) is 0 Å². The van der Waals surface area contributed by atoms with Gasteiger partial charge >= 0.3 is 0 Å². The van der Waals surface area contributed by atoms with E-state index in [9.17, 15) is 9.18 Å². The van der Waals surface area contributed by atoms with Crippen LogP contribution >= 0.6 is 0 Å². The molecule has 16 heavy (non-hydrogen) atoms. The molecule has 3 rings (SSSR count). The smallest absolute Gasteiger partial charge is 0.166 e. The van der Waals surface area contributed by atoms with Gasteiger partial charge in [0.2, 0.25) is 0 Å². The Labute approximate surface area is 90.5 Å². The Balaban J connectivity index is 2.54. The molecule has 80 valence electrons. The number of rotatable bonds is 1. The molecule has 0 radical (unpaired) electrons. The molecule has 0 bridgehead atoms. The van der Waals surface area contributed by atoms with Gasteiger partial charge in [0, 0.05) is 17.8 Å². The van der Waals surface area contributed by atoms with Crippen LogP contribution in [0, 0.1) is 5.82 Å². The van der Waals surface area contributed by atoms with Gasteiger partial charge in [-0.05, 0) is 24.3 Å². The average Bonchev–Trinajstić information content (AvgIpc) is 2.80. The molecule has 0 fully saturated rings. The first-order valence-electron chi connectivity index (χ1n) is 4.92. The van der Waals surface area contributed by atoms with Gasteiger partial charge in [0.25, 0.3) is 0 Å². The van der Waals surface area contributed by atoms with E-state index >= 15 is 0 Å². The first kappa shape index (κ1) is 9.15. The standard InChI is InChI=1S/C12H9FN2O/c1-15-11-3-2-7(13)4-9(11)10-5-8(6-16)14-12(10)15/h2-6,14H,1H3. The molecule has 3 aromatic rings. The second kappa shape index (κ2) is 2.95. The van der Waals surface area contributed by atoms with Crippen LogP contribution in [0.4, 0.5) is 4.39 Å². The summed E-state index contributed by atoms with van der Waals surface area (Å²) in [6.07, 6.45) is 0.755. The summed E-state index contributed by atoms with van der Waals surface area (Å²) in [6, 6.07) is 6.39. The molecule has 1 aromatic carbocycles. The van der Waals surface area contributed by atoms with Crippen molar-refractivity contribution >= 4 is 28.2 Å². The SMILES string of the molecule is Cn1c2ccc(F)cc2c2cc(C=O)[nH]c21. The minimum Gasteiger partial charge on any atom is -0.338 e. The zero-order valence-electron chi connectivity index (χ0n) is 8.62. The van der Waals surface area contributed by atoms with Crippen LogP contribution < -0.4 is 0 Å². The van der Waals surface area contributed by atoms with Crippen molar-refractivity contribution in [2.75, 3.05) is 0 Å². The third-order valence-electron chi connectivity index (χ3n) is 2.89. The number of benzene rings is 1. The Bertz CT molecular complexity index is 709. The van der Waals surface area contributed by atoms with E-state index in [1.165, 1.54) is 12.1 Å². The molecule has 0 aliphatic rings. The molecule has 0 saturated carbocycles. The van der Waals surface area contributed by atoms with E-state index in [1.807, 2.05) is 11.6 Å². The summed E-state index contributed by atoms with van der Waals surface area (Å²) in [5, 5.41) is 1.70. The van der Waals surface area contributed by atoms with Crippen LogP contribution in [0.3, 0.4) is 0 Å². The number of hydrogen-bond donors (Lipinski definition) is 1. The van der Waals surface area contributed by atoms with Gasteiger partial charge in [-0.2, -0.15) is 0 Å². The molecule has 0 spiro atoms. The van der Waals surface area contributed by atoms with Gasteiger partial charge in [0.15, 0.2) is 6.29 Å². The fourth-order valence-corrected chi connectivity index (χ4v) is 2.13. The van der Waals surface area contributed by atoms with Crippen molar-refractivity contribution in [3.63, 3.8) is 0 Å². The molecular formula is C12H9FN2O. The lowest BCUT2D eigenvalue weighted by atomic mass is 10.2. The maximum absolute atomic E-state index is 13.2. The van der Waals surface area contributed by atoms with Crippen molar-refractivity contribution < 1.29 is 9.18 Å². The first-order chi connectivity index (χ1) is 7.70. The molecule has 0 aliphatic heterocycles. The normalized spacial score (nSPS) is 11.4. The van der Waals surface area contributed by atoms with Crippen molar-refractivity contribution in [1.29, 1.82) is 0 Å². The van der Waals surface area contributed by atoms with E-state index in [4.69, 9.17) is 0 Å². The van der Waals surface area contributed by atoms with Crippen LogP contribution in [0.1, 0.15) is 10.5 Å². The predicted molar refractivity (Wildman–Crippen MR) is 60.1 cm³/mol. The monoisotopic (exact) mass is 216 g/mol. The van der Waals surface area contributed by atoms with Crippen LogP contribution in [0.25, 0.3) is 21.9 Å². The number of hydrogen-bond acceptors (Lipinski definition) is 1. The quantitative estimate of drug-likeness (QED) is 0.624. The summed E-state index contributed by atoms with van der Waals surface area (Å²) in [6.45, 7) is 0. The van der Waals surface area contributed by atoms with Gasteiger partial charge in [0.1, 0.15) is 11.5 Å². The summed E-state index contributed by atoms with van der Waals surface area (Å²) in [4.78, 5) is 13.7. The average molecular weight is 216 g/mol. The Morgan fingerprint density at radius 3 is 2.88 bits per heavy atom. The maximum Gasteiger partial charge on any atom is 0.166 e. The molecule has 0 saturated heterocycles. The fourth-order valence-electron chi connectivity index (χ4n) is 2.13. The Kier molecular flexibility index (Phi) is 1.68. The van der Waals surface area contributed by atoms with Crippen molar-refractivity contribution in [1.82, 2.24) is 9.55 Å². The predicted octanol–water partition coefficient (Wildman–Crippen LogP) is 2.61. The van der Waals surface area contributed by atoms with E-state index in [2.05, 4.69) is 4.98 Å². The summed E-state index contributed by atoms with van der Waals surface area (Å²) < 4.78 is 15.1. The van der Waals surface area contributed by atoms with E-state index in [0.717, 1.165) is 28.2 Å². The van der Waals surface area contributed by atoms with Crippen molar-refractivity contribution in [3.05, 3.63) is 35.8 Å². The van der Waals surface area contributed by atoms with Gasteiger partial charge in [-0.3, -0.25) is 4.79 Å². The highest BCUT2D eigenvalue weighted by atomic mass is 19.1. The lowest BCUT2D eigenvalue weighted by Gasteiger charge is -1.96.